The Labute approximate surface area is 815 Å². The molecule has 5 aliphatic carbocycles. The highest BCUT2D eigenvalue weighted by Crippen LogP contribution is 2.58. The average Bonchev–Trinajstić information content (AvgIpc) is 0.702. The van der Waals surface area contributed by atoms with Crippen LogP contribution in [-0.4, -0.2) is 23.1 Å². The molecular formula is C133H90N4O4. The number of allylic oxidation sites excluding steroid dienone is 3. The van der Waals surface area contributed by atoms with Gasteiger partial charge in [-0.25, -0.2) is 0 Å². The molecule has 0 spiro atoms. The lowest BCUT2D eigenvalue weighted by molar-refractivity contribution is 0.103. The van der Waals surface area contributed by atoms with Crippen LogP contribution in [-0.2, 0) is 5.41 Å². The lowest BCUT2D eigenvalue weighted by Crippen LogP contribution is -2.30. The Balaban J connectivity index is 0.0000000966. The Morgan fingerprint density at radius 2 is 0.560 bits per heavy atom. The zero-order valence-corrected chi connectivity index (χ0v) is 79.0. The summed E-state index contributed by atoms with van der Waals surface area (Å²) < 4.78 is 0. The minimum atomic E-state index is -0.117. The Morgan fingerprint density at radius 3 is 0.943 bits per heavy atom. The van der Waals surface area contributed by atoms with Crippen LogP contribution in [0.15, 0.2) is 418 Å². The summed E-state index contributed by atoms with van der Waals surface area (Å²) in [5, 5.41) is 26.6. The summed E-state index contributed by atoms with van der Waals surface area (Å²) in [4.78, 5) is 64.0. The zero-order chi connectivity index (χ0) is 95.2. The summed E-state index contributed by atoms with van der Waals surface area (Å²) in [6.45, 7) is 17.5. The van der Waals surface area contributed by atoms with E-state index in [-0.39, 0.29) is 28.5 Å². The molecule has 0 N–H and O–H groups in total. The maximum Gasteiger partial charge on any atom is 0.194 e. The number of carbonyl (C=O) groups excluding carboxylic acids is 4. The van der Waals surface area contributed by atoms with E-state index in [0.29, 0.717) is 0 Å². The molecule has 0 atom stereocenters. The molecular weight excluding hydrogens is 1720 g/mol. The van der Waals surface area contributed by atoms with Crippen LogP contribution in [0.2, 0.25) is 0 Å². The van der Waals surface area contributed by atoms with Crippen LogP contribution < -0.4 is 19.6 Å². The first kappa shape index (κ1) is 83.7. The van der Waals surface area contributed by atoms with Crippen LogP contribution in [0.1, 0.15) is 122 Å². The number of aryl methyl sites for hydroxylation is 6. The van der Waals surface area contributed by atoms with E-state index >= 15 is 0 Å². The highest BCUT2D eigenvalue weighted by atomic mass is 16.1. The number of nitrogens with zero attached hydrogens (tertiary/aromatic N) is 4. The molecule has 1 aliphatic heterocycles. The number of benzene rings is 23. The first-order chi connectivity index (χ1) is 68.9. The molecule has 0 saturated heterocycles. The molecule has 0 unspecified atom stereocenters. The van der Waals surface area contributed by atoms with E-state index in [9.17, 15) is 19.2 Å². The standard InChI is InChI=1S/C35H27NO.C34H23NO.C33H23NO.C31H17NO/c1-20-11-15-29(22(3)17-20)36(30-16-12-21(2)18-23(30)4)31-19-25-14-13-24-7-5-9-27-32(24)33(25)34-26(31)8-6-10-28(34)35(27)37;1-34(2)25-13-3-5-15-27(25)35(28-16-6-4-14-26(28)34)29-19-21-18-17-20-9-7-11-23-30(20)31(21)32-22(29)10-8-12-24(32)33(23)36;1-20-9-15-24(16-10-20)34(25-17-11-21(2)12-18-25)29-19-23-14-13-22-5-3-7-27-30(22)31(23)32-26(29)6-4-8-28(32)33(27)35;33-31-25-15-7-9-20-17-18-21-19-27(24-14-8-16-26(31)30(24)29(21)28(20)25)32(22-10-3-1-4-11-22)23-12-5-2-6-13-23/h5-19H,1-4H3;3-19H,1-2H3;3-19H,1-2H3;1-5,7-12,14-19H. The average molecular weight is 1810 g/mol. The number of fused-ring (bicyclic) bond motifs is 2. The molecule has 0 amide bonds. The second-order valence-electron chi connectivity index (χ2n) is 38.8. The number of carbonyl (C=O) groups is 4. The minimum Gasteiger partial charge on any atom is -0.310 e. The van der Waals surface area contributed by atoms with Gasteiger partial charge in [0.1, 0.15) is 0 Å². The largest absolute Gasteiger partial charge is 0.310 e. The third-order valence-electron chi connectivity index (χ3n) is 30.1. The van der Waals surface area contributed by atoms with Crippen molar-refractivity contribution in [1.82, 2.24) is 0 Å². The van der Waals surface area contributed by atoms with Crippen molar-refractivity contribution in [3.8, 4) is 0 Å². The second-order valence-corrected chi connectivity index (χ2v) is 38.8. The fourth-order valence-electron chi connectivity index (χ4n) is 23.7. The maximum absolute atomic E-state index is 13.7. The van der Waals surface area contributed by atoms with Gasteiger partial charge in [0, 0.05) is 143 Å². The summed E-state index contributed by atoms with van der Waals surface area (Å²) in [5.74, 6) is 0.423. The molecule has 0 aromatic heterocycles. The van der Waals surface area contributed by atoms with E-state index in [0.717, 1.165) is 215 Å². The van der Waals surface area contributed by atoms with Gasteiger partial charge in [0.2, 0.25) is 0 Å². The fraction of sp³-hybridized carbons (Fsp3) is 0.0677. The van der Waals surface area contributed by atoms with Gasteiger partial charge in [0.15, 0.2) is 23.1 Å². The maximum atomic E-state index is 13.7. The molecule has 666 valence electrons. The molecule has 23 aromatic rings. The van der Waals surface area contributed by atoms with E-state index in [1.807, 2.05) is 133 Å². The number of hydrogen-bond donors (Lipinski definition) is 0. The Hall–Kier alpha value is -17.9. The van der Waals surface area contributed by atoms with Crippen molar-refractivity contribution < 1.29 is 19.2 Å². The van der Waals surface area contributed by atoms with Crippen LogP contribution in [0.5, 0.6) is 0 Å². The molecule has 0 saturated carbocycles. The molecule has 1 heterocycles. The Kier molecular flexibility index (Phi) is 19.1. The van der Waals surface area contributed by atoms with Crippen LogP contribution in [0.4, 0.5) is 62.6 Å². The smallest absolute Gasteiger partial charge is 0.194 e. The quantitative estimate of drug-likeness (QED) is 0.0990. The molecule has 8 nitrogen and oxygen atoms in total. The third kappa shape index (κ3) is 12.9. The first-order valence-electron chi connectivity index (χ1n) is 48.3. The van der Waals surface area contributed by atoms with Crippen LogP contribution in [0.3, 0.4) is 0 Å². The van der Waals surface area contributed by atoms with E-state index in [1.54, 1.807) is 0 Å². The van der Waals surface area contributed by atoms with Gasteiger partial charge in [-0.2, -0.15) is 0 Å². The summed E-state index contributed by atoms with van der Waals surface area (Å²) >= 11 is 0. The molecule has 0 radical (unpaired) electrons. The van der Waals surface area contributed by atoms with Crippen molar-refractivity contribution in [3.63, 3.8) is 0 Å². The van der Waals surface area contributed by atoms with E-state index in [2.05, 4.69) is 353 Å². The lowest BCUT2D eigenvalue weighted by Gasteiger charge is -2.42. The van der Waals surface area contributed by atoms with Gasteiger partial charge < -0.3 is 19.6 Å². The van der Waals surface area contributed by atoms with Gasteiger partial charge in [-0.1, -0.05) is 345 Å². The van der Waals surface area contributed by atoms with Gasteiger partial charge in [-0.3, -0.25) is 19.2 Å². The van der Waals surface area contributed by atoms with Crippen LogP contribution in [0, 0.1) is 41.5 Å². The number of ketones is 4. The molecule has 0 bridgehead atoms. The summed E-state index contributed by atoms with van der Waals surface area (Å²) in [7, 11) is 0. The fourth-order valence-corrected chi connectivity index (χ4v) is 23.7. The van der Waals surface area contributed by atoms with E-state index < -0.39 is 0 Å². The van der Waals surface area contributed by atoms with Gasteiger partial charge in [0.05, 0.1) is 39.8 Å². The number of anilines is 11. The normalized spacial score (nSPS) is 13.4. The molecule has 8 heteroatoms. The van der Waals surface area contributed by atoms with Gasteiger partial charge in [0.25, 0.3) is 0 Å². The Bertz CT molecular complexity index is 9580. The topological polar surface area (TPSA) is 81.2 Å². The van der Waals surface area contributed by atoms with Crippen molar-refractivity contribution in [2.24, 2.45) is 0 Å². The SMILES string of the molecule is CC1(C)c2ccccc2N(c2cc3ccc4cccc5c4c3c3c(cccc23)C5=O)c2ccccc21.Cc1ccc(N(c2ccc(C)cc2)c2cc3ccc4cccc5c4c3c3c(cccc23)C5=O)cc1.Cc1ccc(N(c2ccc(C)cc2C)c2cc3ccc4cccc5c4c3c3c(cccc23)C5=O)c(C)c1.O=C1c2cccc3ccc4cc(N(C5=C=C=CC=C5)c5ccccc5)c5cccc1c5c4c23. The van der Waals surface area contributed by atoms with Crippen molar-refractivity contribution in [2.75, 3.05) is 19.6 Å². The number of para-hydroxylation sites is 3. The molecule has 6 aliphatic rings. The summed E-state index contributed by atoms with van der Waals surface area (Å²) in [5.41, 5.74) is 35.7. The minimum absolute atomic E-state index is 0.0919. The monoisotopic (exact) mass is 1810 g/mol. The van der Waals surface area contributed by atoms with E-state index in [1.165, 1.54) is 72.0 Å². The molecule has 23 aromatic carbocycles. The number of rotatable bonds is 10. The highest BCUT2D eigenvalue weighted by Gasteiger charge is 2.40. The van der Waals surface area contributed by atoms with Gasteiger partial charge in [-0.05, 0) is 231 Å². The van der Waals surface area contributed by atoms with Crippen molar-refractivity contribution in [3.05, 3.63) is 507 Å². The zero-order valence-electron chi connectivity index (χ0n) is 79.0. The summed E-state index contributed by atoms with van der Waals surface area (Å²) in [6, 6.07) is 134. The number of hydrogen-bond acceptors (Lipinski definition) is 8. The molecule has 141 heavy (non-hydrogen) atoms. The first-order valence-corrected chi connectivity index (χ1v) is 48.3. The molecule has 29 rings (SSSR count). The van der Waals surface area contributed by atoms with Crippen molar-refractivity contribution in [2.45, 2.75) is 60.8 Å². The van der Waals surface area contributed by atoms with Crippen LogP contribution in [0.25, 0.3) is 129 Å². The molecule has 0 fully saturated rings. The second kappa shape index (κ2) is 32.1. The van der Waals surface area contributed by atoms with Crippen molar-refractivity contribution >= 4 is 215 Å². The van der Waals surface area contributed by atoms with Gasteiger partial charge in [-0.15, -0.1) is 0 Å². The third-order valence-corrected chi connectivity index (χ3v) is 30.1. The van der Waals surface area contributed by atoms with E-state index in [4.69, 9.17) is 0 Å². The lowest BCUT2D eigenvalue weighted by atomic mass is 9.73. The van der Waals surface area contributed by atoms with Crippen LogP contribution >= 0.6 is 0 Å². The van der Waals surface area contributed by atoms with Gasteiger partial charge >= 0.3 is 0 Å². The highest BCUT2D eigenvalue weighted by molar-refractivity contribution is 6.42. The Morgan fingerprint density at radius 1 is 0.241 bits per heavy atom. The summed E-state index contributed by atoms with van der Waals surface area (Å²) in [6.07, 6.45) is 5.87. The van der Waals surface area contributed by atoms with Crippen molar-refractivity contribution in [1.29, 1.82) is 0 Å². The predicted octanol–water partition coefficient (Wildman–Crippen LogP) is 34.6. The predicted molar refractivity (Wildman–Crippen MR) is 587 cm³/mol.